The van der Waals surface area contributed by atoms with Crippen LogP contribution in [0, 0.1) is 11.7 Å². The first-order valence-corrected chi connectivity index (χ1v) is 9.94. The highest BCUT2D eigenvalue weighted by atomic mass is 79.9. The van der Waals surface area contributed by atoms with Crippen LogP contribution in [0.2, 0.25) is 0 Å². The molecule has 1 aromatic heterocycles. The van der Waals surface area contributed by atoms with E-state index in [0.717, 1.165) is 5.69 Å². The van der Waals surface area contributed by atoms with Crippen LogP contribution < -0.4 is 10.9 Å². The number of carbonyl (C=O) groups excluding carboxylic acids is 1. The highest BCUT2D eigenvalue weighted by Gasteiger charge is 2.29. The minimum absolute atomic E-state index is 0.127. The van der Waals surface area contributed by atoms with Crippen molar-refractivity contribution < 1.29 is 9.18 Å². The van der Waals surface area contributed by atoms with Gasteiger partial charge in [0.25, 0.3) is 5.56 Å². The lowest BCUT2D eigenvalue weighted by molar-refractivity contribution is -0.119. The smallest absolute Gasteiger partial charge is 0.254 e. The van der Waals surface area contributed by atoms with E-state index in [0.29, 0.717) is 15.4 Å². The topological polar surface area (TPSA) is 64.0 Å². The minimum Gasteiger partial charge on any atom is -0.323 e. The molecule has 5 nitrogen and oxygen atoms in total. The Labute approximate surface area is 163 Å². The summed E-state index contributed by atoms with van der Waals surface area (Å²) in [5, 5.41) is 3.24. The lowest BCUT2D eigenvalue weighted by Crippen LogP contribution is -2.37. The zero-order chi connectivity index (χ0) is 19.1. The lowest BCUT2D eigenvalue weighted by Gasteiger charge is -2.26. The molecule has 26 heavy (non-hydrogen) atoms. The van der Waals surface area contributed by atoms with Gasteiger partial charge >= 0.3 is 0 Å². The number of thioether (sulfide) groups is 1. The molecule has 138 valence electrons. The number of hydrogen-bond acceptors (Lipinski definition) is 4. The summed E-state index contributed by atoms with van der Waals surface area (Å²) in [6, 6.07) is 5.98. The van der Waals surface area contributed by atoms with Gasteiger partial charge in [-0.15, -0.1) is 0 Å². The van der Waals surface area contributed by atoms with Crippen LogP contribution in [0.1, 0.15) is 26.5 Å². The highest BCUT2D eigenvalue weighted by Crippen LogP contribution is 2.29. The standard InChI is InChI=1S/C18H19BrFN3O2S/c1-18(2,3)14-7-15(24)23-8-10(9-26-17(23)22-14)16(25)21-13-5-4-11(19)6-12(13)20/h4-7,10H,8-9H2,1-3H3,(H,21,25). The third kappa shape index (κ3) is 4.01. The van der Waals surface area contributed by atoms with E-state index >= 15 is 0 Å². The molecule has 1 atom stereocenters. The predicted octanol–water partition coefficient (Wildman–Crippen LogP) is 3.80. The van der Waals surface area contributed by atoms with Crippen molar-refractivity contribution in [2.24, 2.45) is 5.92 Å². The van der Waals surface area contributed by atoms with E-state index in [1.807, 2.05) is 20.8 Å². The van der Waals surface area contributed by atoms with Crippen molar-refractivity contribution in [3.8, 4) is 0 Å². The average Bonchev–Trinajstić information content (AvgIpc) is 2.56. The molecule has 0 aliphatic carbocycles. The van der Waals surface area contributed by atoms with Crippen molar-refractivity contribution in [3.63, 3.8) is 0 Å². The SMILES string of the molecule is CC(C)(C)c1cc(=O)n2c(n1)SCC(C(=O)Nc1ccc(Br)cc1F)C2. The normalized spacial score (nSPS) is 16.9. The molecule has 1 aromatic carbocycles. The van der Waals surface area contributed by atoms with Crippen LogP contribution in [-0.4, -0.2) is 21.2 Å². The van der Waals surface area contributed by atoms with Gasteiger partial charge in [-0.2, -0.15) is 0 Å². The largest absolute Gasteiger partial charge is 0.323 e. The summed E-state index contributed by atoms with van der Waals surface area (Å²) in [6.07, 6.45) is 0. The number of amides is 1. The fourth-order valence-corrected chi connectivity index (χ4v) is 4.00. The Hall–Kier alpha value is -1.67. The predicted molar refractivity (Wildman–Crippen MR) is 104 cm³/mol. The third-order valence-electron chi connectivity index (χ3n) is 4.12. The zero-order valence-corrected chi connectivity index (χ0v) is 17.1. The van der Waals surface area contributed by atoms with Crippen molar-refractivity contribution >= 4 is 39.3 Å². The second-order valence-electron chi connectivity index (χ2n) is 7.24. The fourth-order valence-electron chi connectivity index (χ4n) is 2.58. The second-order valence-corrected chi connectivity index (χ2v) is 9.15. The maximum atomic E-state index is 13.9. The highest BCUT2D eigenvalue weighted by molar-refractivity contribution is 9.10. The maximum Gasteiger partial charge on any atom is 0.254 e. The molecule has 3 rings (SSSR count). The molecule has 1 aliphatic rings. The number of halogens is 2. The first-order chi connectivity index (χ1) is 12.1. The number of benzene rings is 1. The summed E-state index contributed by atoms with van der Waals surface area (Å²) in [5.74, 6) is -0.763. The molecule has 1 N–H and O–H groups in total. The first kappa shape index (κ1) is 19.1. The van der Waals surface area contributed by atoms with E-state index in [9.17, 15) is 14.0 Å². The van der Waals surface area contributed by atoms with Crippen LogP contribution in [0.25, 0.3) is 0 Å². The molecule has 1 unspecified atom stereocenters. The molecular formula is C18H19BrFN3O2S. The van der Waals surface area contributed by atoms with Crippen molar-refractivity contribution in [2.45, 2.75) is 37.9 Å². The van der Waals surface area contributed by atoms with E-state index in [-0.39, 0.29) is 29.1 Å². The van der Waals surface area contributed by atoms with Crippen LogP contribution in [-0.2, 0) is 16.8 Å². The fraction of sp³-hybridized carbons (Fsp3) is 0.389. The number of hydrogen-bond donors (Lipinski definition) is 1. The Morgan fingerprint density at radius 2 is 2.12 bits per heavy atom. The van der Waals surface area contributed by atoms with Gasteiger partial charge in [0.15, 0.2) is 5.16 Å². The van der Waals surface area contributed by atoms with Crippen LogP contribution in [0.5, 0.6) is 0 Å². The van der Waals surface area contributed by atoms with Gasteiger partial charge in [-0.05, 0) is 18.2 Å². The lowest BCUT2D eigenvalue weighted by atomic mass is 9.92. The van der Waals surface area contributed by atoms with Crippen molar-refractivity contribution in [1.29, 1.82) is 0 Å². The molecule has 2 aromatic rings. The van der Waals surface area contributed by atoms with E-state index in [1.54, 1.807) is 6.07 Å². The molecular weight excluding hydrogens is 421 g/mol. The monoisotopic (exact) mass is 439 g/mol. The third-order valence-corrected chi connectivity index (χ3v) is 5.75. The van der Waals surface area contributed by atoms with Crippen LogP contribution in [0.3, 0.4) is 0 Å². The van der Waals surface area contributed by atoms with Gasteiger partial charge in [0.2, 0.25) is 5.91 Å². The van der Waals surface area contributed by atoms with Gasteiger partial charge in [-0.25, -0.2) is 9.37 Å². The summed E-state index contributed by atoms with van der Waals surface area (Å²) in [5.41, 5.74) is 0.478. The Bertz CT molecular complexity index is 924. The molecule has 0 radical (unpaired) electrons. The second kappa shape index (κ2) is 7.15. The molecule has 8 heteroatoms. The van der Waals surface area contributed by atoms with Gasteiger partial charge in [-0.1, -0.05) is 48.5 Å². The summed E-state index contributed by atoms with van der Waals surface area (Å²) in [4.78, 5) is 29.6. The van der Waals surface area contributed by atoms with Crippen LogP contribution in [0.4, 0.5) is 10.1 Å². The molecule has 0 fully saturated rings. The first-order valence-electron chi connectivity index (χ1n) is 8.16. The van der Waals surface area contributed by atoms with Crippen molar-refractivity contribution in [2.75, 3.05) is 11.1 Å². The van der Waals surface area contributed by atoms with E-state index in [2.05, 4.69) is 26.2 Å². The van der Waals surface area contributed by atoms with Gasteiger partial charge in [-0.3, -0.25) is 14.2 Å². The molecule has 0 bridgehead atoms. The number of nitrogens with one attached hydrogen (secondary N) is 1. The molecule has 2 heterocycles. The number of anilines is 1. The van der Waals surface area contributed by atoms with Crippen LogP contribution >= 0.6 is 27.7 Å². The Kier molecular flexibility index (Phi) is 5.25. The van der Waals surface area contributed by atoms with Crippen molar-refractivity contribution in [1.82, 2.24) is 9.55 Å². The summed E-state index contributed by atoms with van der Waals surface area (Å²) < 4.78 is 16.0. The maximum absolute atomic E-state index is 13.9. The minimum atomic E-state index is -0.509. The number of aromatic nitrogens is 2. The molecule has 0 saturated carbocycles. The molecule has 0 saturated heterocycles. The van der Waals surface area contributed by atoms with Crippen molar-refractivity contribution in [3.05, 3.63) is 50.6 Å². The van der Waals surface area contributed by atoms with Gasteiger partial charge in [0, 0.05) is 28.3 Å². The summed E-state index contributed by atoms with van der Waals surface area (Å²) in [6.45, 7) is 6.25. The summed E-state index contributed by atoms with van der Waals surface area (Å²) >= 11 is 4.56. The Morgan fingerprint density at radius 1 is 1.38 bits per heavy atom. The van der Waals surface area contributed by atoms with Gasteiger partial charge in [0.05, 0.1) is 17.3 Å². The number of carbonyl (C=O) groups is 1. The van der Waals surface area contributed by atoms with E-state index in [4.69, 9.17) is 0 Å². The molecule has 1 aliphatic heterocycles. The van der Waals surface area contributed by atoms with E-state index in [1.165, 1.54) is 34.5 Å². The number of fused-ring (bicyclic) bond motifs is 1. The summed E-state index contributed by atoms with van der Waals surface area (Å²) in [7, 11) is 0. The zero-order valence-electron chi connectivity index (χ0n) is 14.7. The molecule has 0 spiro atoms. The molecule has 1 amide bonds. The Morgan fingerprint density at radius 3 is 2.77 bits per heavy atom. The van der Waals surface area contributed by atoms with Gasteiger partial charge < -0.3 is 5.32 Å². The van der Waals surface area contributed by atoms with E-state index < -0.39 is 11.7 Å². The average molecular weight is 440 g/mol. The quantitative estimate of drug-likeness (QED) is 0.722. The Balaban J connectivity index is 1.80. The number of nitrogens with zero attached hydrogens (tertiary/aromatic N) is 2. The number of rotatable bonds is 2. The van der Waals surface area contributed by atoms with Crippen LogP contribution in [0.15, 0.2) is 38.7 Å². The van der Waals surface area contributed by atoms with Gasteiger partial charge in [0.1, 0.15) is 5.82 Å².